The smallest absolute Gasteiger partial charge is 0.323 e. The van der Waals surface area contributed by atoms with Gasteiger partial charge < -0.3 is 20.9 Å². The zero-order valence-corrected chi connectivity index (χ0v) is 17.4. The minimum atomic E-state index is -0.331. The van der Waals surface area contributed by atoms with E-state index in [-0.39, 0.29) is 18.0 Å². The van der Waals surface area contributed by atoms with E-state index in [1.807, 2.05) is 50.2 Å². The van der Waals surface area contributed by atoms with E-state index >= 15 is 0 Å². The quantitative estimate of drug-likeness (QED) is 0.669. The number of benzene rings is 2. The van der Waals surface area contributed by atoms with Crippen molar-refractivity contribution < 1.29 is 9.59 Å². The number of carbonyl (C=O) groups is 2. The maximum Gasteiger partial charge on any atom is 0.323 e. The Morgan fingerprint density at radius 3 is 2.34 bits per heavy atom. The Hall–Kier alpha value is -3.02. The first kappa shape index (κ1) is 20.7. The third-order valence-electron chi connectivity index (χ3n) is 4.96. The van der Waals surface area contributed by atoms with E-state index in [0.29, 0.717) is 11.3 Å². The molecule has 0 spiro atoms. The second-order valence-electron chi connectivity index (χ2n) is 7.69. The molecule has 1 saturated heterocycles. The molecule has 0 unspecified atom stereocenters. The maximum atomic E-state index is 12.8. The topological polar surface area (TPSA) is 73.5 Å². The second-order valence-corrected chi connectivity index (χ2v) is 7.69. The number of aryl methyl sites for hydroxylation is 1. The van der Waals surface area contributed by atoms with Crippen LogP contribution in [0.4, 0.5) is 21.9 Å². The molecule has 0 bridgehead atoms. The van der Waals surface area contributed by atoms with E-state index in [9.17, 15) is 9.59 Å². The number of nitrogens with zero attached hydrogens (tertiary/aromatic N) is 1. The first-order valence-electron chi connectivity index (χ1n) is 10.3. The molecule has 1 aliphatic heterocycles. The van der Waals surface area contributed by atoms with Crippen molar-refractivity contribution in [3.8, 4) is 0 Å². The summed E-state index contributed by atoms with van der Waals surface area (Å²) in [6, 6.07) is 13.0. The normalized spacial score (nSPS) is 13.4. The fourth-order valence-corrected chi connectivity index (χ4v) is 3.53. The lowest BCUT2D eigenvalue weighted by Gasteiger charge is -2.22. The van der Waals surface area contributed by atoms with Crippen molar-refractivity contribution in [2.45, 2.75) is 46.1 Å². The highest BCUT2D eigenvalue weighted by molar-refractivity contribution is 6.04. The van der Waals surface area contributed by atoms with Gasteiger partial charge >= 0.3 is 6.03 Å². The lowest BCUT2D eigenvalue weighted by atomic mass is 10.1. The van der Waals surface area contributed by atoms with Crippen LogP contribution >= 0.6 is 0 Å². The molecule has 154 valence electrons. The number of amides is 3. The number of carbonyl (C=O) groups excluding carboxylic acids is 2. The van der Waals surface area contributed by atoms with Crippen LogP contribution in [0.5, 0.6) is 0 Å². The molecule has 2 aromatic rings. The van der Waals surface area contributed by atoms with Gasteiger partial charge in [-0.25, -0.2) is 4.79 Å². The third kappa shape index (κ3) is 5.50. The van der Waals surface area contributed by atoms with Gasteiger partial charge in [0.15, 0.2) is 0 Å². The van der Waals surface area contributed by atoms with Gasteiger partial charge in [-0.15, -0.1) is 0 Å². The fourth-order valence-electron chi connectivity index (χ4n) is 3.53. The van der Waals surface area contributed by atoms with Crippen molar-refractivity contribution in [2.24, 2.45) is 0 Å². The van der Waals surface area contributed by atoms with Crippen molar-refractivity contribution >= 4 is 29.0 Å². The van der Waals surface area contributed by atoms with Crippen molar-refractivity contribution in [3.05, 3.63) is 53.6 Å². The maximum absolute atomic E-state index is 12.8. The van der Waals surface area contributed by atoms with Crippen LogP contribution in [0.1, 0.15) is 49.5 Å². The largest absolute Gasteiger partial charge is 0.371 e. The van der Waals surface area contributed by atoms with E-state index in [1.54, 1.807) is 6.07 Å². The van der Waals surface area contributed by atoms with Gasteiger partial charge in [0, 0.05) is 36.2 Å². The molecule has 3 N–H and O–H groups in total. The van der Waals surface area contributed by atoms with E-state index in [2.05, 4.69) is 27.8 Å². The van der Waals surface area contributed by atoms with Gasteiger partial charge in [-0.2, -0.15) is 0 Å². The average Bonchev–Trinajstić information content (AvgIpc) is 3.22. The van der Waals surface area contributed by atoms with Crippen LogP contribution in [-0.4, -0.2) is 31.1 Å². The summed E-state index contributed by atoms with van der Waals surface area (Å²) in [7, 11) is 0. The number of rotatable bonds is 6. The first-order chi connectivity index (χ1) is 14.0. The first-order valence-corrected chi connectivity index (χ1v) is 10.3. The Kier molecular flexibility index (Phi) is 6.75. The summed E-state index contributed by atoms with van der Waals surface area (Å²) in [4.78, 5) is 27.4. The molecule has 0 saturated carbocycles. The molecule has 29 heavy (non-hydrogen) atoms. The van der Waals surface area contributed by atoms with Crippen LogP contribution in [0.2, 0.25) is 0 Å². The van der Waals surface area contributed by atoms with Crippen LogP contribution in [0.3, 0.4) is 0 Å². The zero-order chi connectivity index (χ0) is 20.8. The summed E-state index contributed by atoms with van der Waals surface area (Å²) in [5, 5.41) is 8.66. The summed E-state index contributed by atoms with van der Waals surface area (Å²) in [6.07, 6.45) is 3.17. The standard InChI is InChI=1S/C23H30N4O2/c1-4-17-8-7-9-18(14-17)25-23(29)26-19-10-11-21(27-12-5-6-13-27)20(15-19)22(28)24-16(2)3/h7-11,14-16H,4-6,12-13H2,1-3H3,(H,24,28)(H2,25,26,29). The summed E-state index contributed by atoms with van der Waals surface area (Å²) in [6.45, 7) is 7.84. The lowest BCUT2D eigenvalue weighted by molar-refractivity contribution is 0.0943. The van der Waals surface area contributed by atoms with Gasteiger partial charge in [0.25, 0.3) is 5.91 Å². The lowest BCUT2D eigenvalue weighted by Crippen LogP contribution is -2.32. The summed E-state index contributed by atoms with van der Waals surface area (Å²) in [5.74, 6) is -0.124. The van der Waals surface area contributed by atoms with Gasteiger partial charge in [-0.1, -0.05) is 19.1 Å². The number of nitrogens with one attached hydrogen (secondary N) is 3. The number of urea groups is 1. The highest BCUT2D eigenvalue weighted by atomic mass is 16.2. The minimum Gasteiger partial charge on any atom is -0.371 e. The molecular weight excluding hydrogens is 364 g/mol. The van der Waals surface area contributed by atoms with E-state index in [1.165, 1.54) is 0 Å². The minimum absolute atomic E-state index is 0.0414. The molecule has 2 aromatic carbocycles. The molecule has 6 nitrogen and oxygen atoms in total. The van der Waals surface area contributed by atoms with Crippen molar-refractivity contribution in [1.29, 1.82) is 0 Å². The summed E-state index contributed by atoms with van der Waals surface area (Å²) >= 11 is 0. The van der Waals surface area contributed by atoms with Crippen molar-refractivity contribution in [1.82, 2.24) is 5.32 Å². The highest BCUT2D eigenvalue weighted by Gasteiger charge is 2.21. The zero-order valence-electron chi connectivity index (χ0n) is 17.4. The molecule has 1 aliphatic rings. The Bertz CT molecular complexity index is 873. The Labute approximate surface area is 172 Å². The van der Waals surface area contributed by atoms with Gasteiger partial charge in [0.2, 0.25) is 0 Å². The summed E-state index contributed by atoms with van der Waals surface area (Å²) in [5.41, 5.74) is 4.00. The van der Waals surface area contributed by atoms with E-state index in [4.69, 9.17) is 0 Å². The van der Waals surface area contributed by atoms with Crippen LogP contribution in [-0.2, 0) is 6.42 Å². The number of hydrogen-bond donors (Lipinski definition) is 3. The van der Waals surface area contributed by atoms with Gasteiger partial charge in [0.05, 0.1) is 5.56 Å². The van der Waals surface area contributed by atoms with Crippen LogP contribution < -0.4 is 20.9 Å². The van der Waals surface area contributed by atoms with Crippen LogP contribution in [0.15, 0.2) is 42.5 Å². The van der Waals surface area contributed by atoms with Crippen molar-refractivity contribution in [2.75, 3.05) is 28.6 Å². The Balaban J connectivity index is 1.77. The van der Waals surface area contributed by atoms with E-state index < -0.39 is 0 Å². The molecule has 6 heteroatoms. The molecule has 0 aliphatic carbocycles. The molecule has 1 heterocycles. The molecule has 3 amide bonds. The molecule has 0 aromatic heterocycles. The average molecular weight is 395 g/mol. The number of hydrogen-bond acceptors (Lipinski definition) is 3. The SMILES string of the molecule is CCc1cccc(NC(=O)Nc2ccc(N3CCCC3)c(C(=O)NC(C)C)c2)c1. The molecular formula is C23H30N4O2. The predicted molar refractivity (Wildman–Crippen MR) is 119 cm³/mol. The molecule has 3 rings (SSSR count). The Morgan fingerprint density at radius 2 is 1.69 bits per heavy atom. The highest BCUT2D eigenvalue weighted by Crippen LogP contribution is 2.28. The molecule has 0 radical (unpaired) electrons. The van der Waals surface area contributed by atoms with Crippen LogP contribution in [0, 0.1) is 0 Å². The molecule has 0 atom stereocenters. The molecule has 1 fully saturated rings. The Morgan fingerprint density at radius 1 is 1.00 bits per heavy atom. The predicted octanol–water partition coefficient (Wildman–Crippen LogP) is 4.63. The third-order valence-corrected chi connectivity index (χ3v) is 4.96. The van der Waals surface area contributed by atoms with Crippen LogP contribution in [0.25, 0.3) is 0 Å². The van der Waals surface area contributed by atoms with E-state index in [0.717, 1.165) is 49.3 Å². The fraction of sp³-hybridized carbons (Fsp3) is 0.391. The summed E-state index contributed by atoms with van der Waals surface area (Å²) < 4.78 is 0. The second kappa shape index (κ2) is 9.45. The van der Waals surface area contributed by atoms with Gasteiger partial charge in [-0.3, -0.25) is 4.79 Å². The number of anilines is 3. The van der Waals surface area contributed by atoms with Crippen molar-refractivity contribution in [3.63, 3.8) is 0 Å². The van der Waals surface area contributed by atoms with Gasteiger partial charge in [-0.05, 0) is 69.0 Å². The van der Waals surface area contributed by atoms with Gasteiger partial charge in [0.1, 0.15) is 0 Å². The monoisotopic (exact) mass is 394 g/mol.